The lowest BCUT2D eigenvalue weighted by Crippen LogP contribution is -2.31. The molecule has 0 aliphatic heterocycles. The molecule has 1 unspecified atom stereocenters. The van der Waals surface area contributed by atoms with Gasteiger partial charge in [0.25, 0.3) is 0 Å². The van der Waals surface area contributed by atoms with Crippen LogP contribution < -0.4 is 4.72 Å². The van der Waals surface area contributed by atoms with Gasteiger partial charge in [0, 0.05) is 13.7 Å². The molecule has 1 aromatic carbocycles. The normalized spacial score (nSPS) is 16.3. The van der Waals surface area contributed by atoms with E-state index < -0.39 is 10.0 Å². The minimum absolute atomic E-state index is 0.0262. The molecule has 0 radical (unpaired) electrons. The summed E-state index contributed by atoms with van der Waals surface area (Å²) in [4.78, 5) is 0.326. The molecule has 0 amide bonds. The van der Waals surface area contributed by atoms with Crippen molar-refractivity contribution in [1.82, 2.24) is 4.72 Å². The number of ether oxygens (including phenoxy) is 1. The van der Waals surface area contributed by atoms with Crippen LogP contribution in [0.25, 0.3) is 0 Å². The third-order valence-corrected chi connectivity index (χ3v) is 5.23. The van der Waals surface area contributed by atoms with Crippen LogP contribution in [0.2, 0.25) is 0 Å². The van der Waals surface area contributed by atoms with Crippen molar-refractivity contribution in [2.45, 2.75) is 29.0 Å². The van der Waals surface area contributed by atoms with Crippen LogP contribution in [0.5, 0.6) is 0 Å². The van der Waals surface area contributed by atoms with Crippen LogP contribution >= 0.6 is 15.9 Å². The second-order valence-electron chi connectivity index (χ2n) is 4.69. The summed E-state index contributed by atoms with van der Waals surface area (Å²) in [7, 11) is -1.84. The van der Waals surface area contributed by atoms with Crippen molar-refractivity contribution in [2.24, 2.45) is 0 Å². The maximum absolute atomic E-state index is 12.2. The average molecular weight is 348 g/mol. The molecule has 1 aliphatic rings. The van der Waals surface area contributed by atoms with Gasteiger partial charge < -0.3 is 4.74 Å². The number of nitrogens with one attached hydrogen (secondary N) is 1. The Bertz CT molecular complexity index is 545. The molecule has 4 nitrogen and oxygen atoms in total. The van der Waals surface area contributed by atoms with Crippen LogP contribution in [0.15, 0.2) is 23.1 Å². The zero-order valence-electron chi connectivity index (χ0n) is 10.9. The van der Waals surface area contributed by atoms with E-state index >= 15 is 0 Å². The van der Waals surface area contributed by atoms with E-state index in [1.807, 2.05) is 6.07 Å². The van der Waals surface area contributed by atoms with Crippen molar-refractivity contribution >= 4 is 26.0 Å². The zero-order valence-corrected chi connectivity index (χ0v) is 13.3. The molecule has 6 heteroatoms. The minimum Gasteiger partial charge on any atom is -0.383 e. The van der Waals surface area contributed by atoms with Gasteiger partial charge in [0.2, 0.25) is 10.0 Å². The summed E-state index contributed by atoms with van der Waals surface area (Å²) >= 11 is 3.36. The second kappa shape index (κ2) is 6.35. The molecule has 106 valence electrons. The molecule has 1 N–H and O–H groups in total. The number of aryl methyl sites for hydroxylation is 2. The monoisotopic (exact) mass is 347 g/mol. The first kappa shape index (κ1) is 15.0. The van der Waals surface area contributed by atoms with E-state index in [2.05, 4.69) is 20.7 Å². The van der Waals surface area contributed by atoms with Gasteiger partial charge >= 0.3 is 0 Å². The number of rotatable bonds is 6. The number of halogens is 1. The van der Waals surface area contributed by atoms with Crippen molar-refractivity contribution in [2.75, 3.05) is 20.3 Å². The van der Waals surface area contributed by atoms with E-state index in [1.165, 1.54) is 5.56 Å². The van der Waals surface area contributed by atoms with Gasteiger partial charge in [-0.2, -0.15) is 0 Å². The Morgan fingerprint density at radius 2 is 2.11 bits per heavy atom. The topological polar surface area (TPSA) is 55.4 Å². The quantitative estimate of drug-likeness (QED) is 0.799. The van der Waals surface area contributed by atoms with Gasteiger partial charge in [-0.15, -0.1) is 0 Å². The van der Waals surface area contributed by atoms with E-state index in [-0.39, 0.29) is 4.83 Å². The lowest BCUT2D eigenvalue weighted by Gasteiger charge is -2.11. The lowest BCUT2D eigenvalue weighted by molar-refractivity contribution is 0.201. The molecule has 1 atom stereocenters. The van der Waals surface area contributed by atoms with E-state index in [4.69, 9.17) is 4.74 Å². The molecule has 0 heterocycles. The maximum atomic E-state index is 12.2. The Morgan fingerprint density at radius 3 is 2.84 bits per heavy atom. The smallest absolute Gasteiger partial charge is 0.240 e. The minimum atomic E-state index is -3.43. The number of hydrogen-bond acceptors (Lipinski definition) is 3. The molecule has 0 fully saturated rings. The molecule has 1 aliphatic carbocycles. The van der Waals surface area contributed by atoms with Crippen molar-refractivity contribution in [3.63, 3.8) is 0 Å². The second-order valence-corrected chi connectivity index (χ2v) is 7.75. The van der Waals surface area contributed by atoms with E-state index in [9.17, 15) is 8.42 Å². The standard InChI is InChI=1S/C13H18BrNO3S/c1-18-9-12(14)8-15-19(16,17)13-6-5-10-3-2-4-11(10)7-13/h5-7,12,15H,2-4,8-9H2,1H3. The van der Waals surface area contributed by atoms with Crippen LogP contribution in [0.1, 0.15) is 17.5 Å². The fraction of sp³-hybridized carbons (Fsp3) is 0.538. The molecule has 0 bridgehead atoms. The Labute approximate surface area is 122 Å². The molecular weight excluding hydrogens is 330 g/mol. The summed E-state index contributed by atoms with van der Waals surface area (Å²) in [6, 6.07) is 5.41. The molecule has 0 aromatic heterocycles. The molecule has 0 saturated carbocycles. The highest BCUT2D eigenvalue weighted by atomic mass is 79.9. The van der Waals surface area contributed by atoms with Crippen molar-refractivity contribution in [3.8, 4) is 0 Å². The summed E-state index contributed by atoms with van der Waals surface area (Å²) < 4.78 is 31.9. The first-order valence-electron chi connectivity index (χ1n) is 6.27. The fourth-order valence-electron chi connectivity index (χ4n) is 2.24. The third kappa shape index (κ3) is 3.78. The predicted molar refractivity (Wildman–Crippen MR) is 78.2 cm³/mol. The number of fused-ring (bicyclic) bond motifs is 1. The van der Waals surface area contributed by atoms with Crippen LogP contribution in [-0.2, 0) is 27.6 Å². The van der Waals surface area contributed by atoms with E-state index in [1.54, 1.807) is 19.2 Å². The molecule has 0 spiro atoms. The summed E-state index contributed by atoms with van der Waals surface area (Å²) in [5, 5.41) is 0. The van der Waals surface area contributed by atoms with Crippen LogP contribution in [-0.4, -0.2) is 33.5 Å². The lowest BCUT2D eigenvalue weighted by atomic mass is 10.1. The maximum Gasteiger partial charge on any atom is 0.240 e. The Morgan fingerprint density at radius 1 is 1.37 bits per heavy atom. The largest absolute Gasteiger partial charge is 0.383 e. The summed E-state index contributed by atoms with van der Waals surface area (Å²) in [6.07, 6.45) is 3.15. The number of methoxy groups -OCH3 is 1. The molecule has 2 rings (SSSR count). The SMILES string of the molecule is COCC(Br)CNS(=O)(=O)c1ccc2c(c1)CCC2. The summed E-state index contributed by atoms with van der Waals surface area (Å²) in [6.45, 7) is 0.778. The fourth-order valence-corrected chi connectivity index (χ4v) is 4.01. The third-order valence-electron chi connectivity index (χ3n) is 3.22. The van der Waals surface area contributed by atoms with Crippen molar-refractivity contribution in [1.29, 1.82) is 0 Å². The van der Waals surface area contributed by atoms with Gasteiger partial charge in [0.05, 0.1) is 16.3 Å². The van der Waals surface area contributed by atoms with Crippen LogP contribution in [0.3, 0.4) is 0 Å². The summed E-state index contributed by atoms with van der Waals surface area (Å²) in [5.74, 6) is 0. The van der Waals surface area contributed by atoms with Crippen LogP contribution in [0, 0.1) is 0 Å². The van der Waals surface area contributed by atoms with Crippen molar-refractivity contribution in [3.05, 3.63) is 29.3 Å². The Balaban J connectivity index is 2.07. The van der Waals surface area contributed by atoms with E-state index in [0.717, 1.165) is 24.8 Å². The first-order chi connectivity index (χ1) is 9.03. The molecule has 19 heavy (non-hydrogen) atoms. The highest BCUT2D eigenvalue weighted by Gasteiger charge is 2.19. The Kier molecular flexibility index (Phi) is 5.00. The number of alkyl halides is 1. The predicted octanol–water partition coefficient (Wildman–Crippen LogP) is 1.86. The van der Waals surface area contributed by atoms with Gasteiger partial charge in [-0.25, -0.2) is 13.1 Å². The number of hydrogen-bond donors (Lipinski definition) is 1. The van der Waals surface area contributed by atoms with Crippen LogP contribution in [0.4, 0.5) is 0 Å². The molecule has 1 aromatic rings. The van der Waals surface area contributed by atoms with Gasteiger partial charge in [-0.3, -0.25) is 0 Å². The van der Waals surface area contributed by atoms with Gasteiger partial charge in [-0.05, 0) is 42.5 Å². The Hall–Kier alpha value is -0.430. The zero-order chi connectivity index (χ0) is 13.9. The average Bonchev–Trinajstić information content (AvgIpc) is 2.84. The first-order valence-corrected chi connectivity index (χ1v) is 8.67. The van der Waals surface area contributed by atoms with E-state index in [0.29, 0.717) is 18.0 Å². The molecule has 0 saturated heterocycles. The van der Waals surface area contributed by atoms with Gasteiger partial charge in [0.15, 0.2) is 0 Å². The highest BCUT2D eigenvalue weighted by molar-refractivity contribution is 9.09. The van der Waals surface area contributed by atoms with Gasteiger partial charge in [0.1, 0.15) is 0 Å². The van der Waals surface area contributed by atoms with Gasteiger partial charge in [-0.1, -0.05) is 22.0 Å². The summed E-state index contributed by atoms with van der Waals surface area (Å²) in [5.41, 5.74) is 2.44. The van der Waals surface area contributed by atoms with Crippen molar-refractivity contribution < 1.29 is 13.2 Å². The molecular formula is C13H18BrNO3S. The number of sulfonamides is 1. The number of benzene rings is 1. The highest BCUT2D eigenvalue weighted by Crippen LogP contribution is 2.24.